The molecule has 5 nitrogen and oxygen atoms in total. The minimum absolute atomic E-state index is 0.0272. The van der Waals surface area contributed by atoms with Crippen LogP contribution >= 0.6 is 23.8 Å². The molecule has 7 heteroatoms. The van der Waals surface area contributed by atoms with Gasteiger partial charge in [0.15, 0.2) is 5.11 Å². The highest BCUT2D eigenvalue weighted by Crippen LogP contribution is 2.41. The second kappa shape index (κ2) is 8.38. The van der Waals surface area contributed by atoms with E-state index < -0.39 is 0 Å². The fourth-order valence-corrected chi connectivity index (χ4v) is 4.87. The van der Waals surface area contributed by atoms with Crippen molar-refractivity contribution in [1.82, 2.24) is 19.8 Å². The van der Waals surface area contributed by atoms with Gasteiger partial charge in [-0.2, -0.15) is 0 Å². The van der Waals surface area contributed by atoms with Crippen LogP contribution in [0.25, 0.3) is 5.69 Å². The lowest BCUT2D eigenvalue weighted by Gasteiger charge is -2.27. The summed E-state index contributed by atoms with van der Waals surface area (Å²) in [5.74, 6) is 0. The normalized spacial score (nSPS) is 18.7. The Labute approximate surface area is 187 Å². The largest absolute Gasteiger partial charge is 0.395 e. The number of halogens is 1. The van der Waals surface area contributed by atoms with Gasteiger partial charge in [0.1, 0.15) is 0 Å². The Morgan fingerprint density at radius 2 is 1.97 bits per heavy atom. The van der Waals surface area contributed by atoms with Crippen LogP contribution < -0.4 is 5.32 Å². The summed E-state index contributed by atoms with van der Waals surface area (Å²) in [7, 11) is 0. The highest BCUT2D eigenvalue weighted by Gasteiger charge is 2.41. The zero-order valence-electron chi connectivity index (χ0n) is 17.3. The van der Waals surface area contributed by atoms with Crippen LogP contribution in [-0.2, 0) is 0 Å². The molecule has 1 aromatic carbocycles. The summed E-state index contributed by atoms with van der Waals surface area (Å²) >= 11 is 11.9. The SMILES string of the molecule is Cc1ccc(Cl)cc1-n1c(C)cc([C@H]2[C@@H](c3ccccn3)NC(=S)N2CCO)c1C. The van der Waals surface area contributed by atoms with Gasteiger partial charge in [0.25, 0.3) is 0 Å². The molecule has 2 aromatic heterocycles. The zero-order valence-corrected chi connectivity index (χ0v) is 18.8. The minimum Gasteiger partial charge on any atom is -0.395 e. The van der Waals surface area contributed by atoms with Gasteiger partial charge in [-0.15, -0.1) is 0 Å². The smallest absolute Gasteiger partial charge is 0.170 e. The molecule has 30 heavy (non-hydrogen) atoms. The summed E-state index contributed by atoms with van der Waals surface area (Å²) in [5, 5.41) is 14.4. The van der Waals surface area contributed by atoms with Crippen molar-refractivity contribution in [2.45, 2.75) is 32.9 Å². The zero-order chi connectivity index (χ0) is 21.4. The first kappa shape index (κ1) is 20.8. The fourth-order valence-electron chi connectivity index (χ4n) is 4.37. The number of rotatable bonds is 5. The van der Waals surface area contributed by atoms with E-state index in [9.17, 15) is 5.11 Å². The third kappa shape index (κ3) is 3.60. The van der Waals surface area contributed by atoms with Crippen LogP contribution in [0.3, 0.4) is 0 Å². The van der Waals surface area contributed by atoms with E-state index in [1.807, 2.05) is 36.4 Å². The van der Waals surface area contributed by atoms with E-state index in [-0.39, 0.29) is 18.7 Å². The third-order valence-corrected chi connectivity index (χ3v) is 6.33. The van der Waals surface area contributed by atoms with Crippen LogP contribution in [-0.4, -0.2) is 37.8 Å². The van der Waals surface area contributed by atoms with Gasteiger partial charge < -0.3 is 19.9 Å². The number of aliphatic hydroxyl groups is 1. The fraction of sp³-hybridized carbons (Fsp3) is 0.304. The molecule has 3 aromatic rings. The molecule has 0 spiro atoms. The predicted octanol–water partition coefficient (Wildman–Crippen LogP) is 4.42. The number of hydrogen-bond acceptors (Lipinski definition) is 3. The number of benzene rings is 1. The topological polar surface area (TPSA) is 53.3 Å². The van der Waals surface area contributed by atoms with Crippen LogP contribution in [0.15, 0.2) is 48.7 Å². The second-order valence-electron chi connectivity index (χ2n) is 7.64. The molecular weight excluding hydrogens is 416 g/mol. The van der Waals surface area contributed by atoms with Gasteiger partial charge in [0, 0.05) is 34.8 Å². The molecule has 0 amide bonds. The molecule has 1 aliphatic rings. The number of nitrogens with one attached hydrogen (secondary N) is 1. The number of hydrogen-bond donors (Lipinski definition) is 2. The van der Waals surface area contributed by atoms with Gasteiger partial charge in [0.2, 0.25) is 0 Å². The number of aliphatic hydroxyl groups excluding tert-OH is 1. The van der Waals surface area contributed by atoms with E-state index in [2.05, 4.69) is 46.6 Å². The van der Waals surface area contributed by atoms with Crippen molar-refractivity contribution in [1.29, 1.82) is 0 Å². The molecule has 0 unspecified atom stereocenters. The molecule has 0 saturated carbocycles. The molecule has 0 radical (unpaired) electrons. The quantitative estimate of drug-likeness (QED) is 0.575. The maximum atomic E-state index is 9.68. The van der Waals surface area contributed by atoms with E-state index >= 15 is 0 Å². The lowest BCUT2D eigenvalue weighted by atomic mass is 9.97. The number of nitrogens with zero attached hydrogens (tertiary/aromatic N) is 3. The summed E-state index contributed by atoms with van der Waals surface area (Å²) in [4.78, 5) is 6.63. The molecule has 1 aliphatic heterocycles. The minimum atomic E-state index is -0.0975. The molecule has 0 bridgehead atoms. The van der Waals surface area contributed by atoms with Crippen molar-refractivity contribution in [3.63, 3.8) is 0 Å². The van der Waals surface area contributed by atoms with Gasteiger partial charge in [-0.3, -0.25) is 4.98 Å². The first-order valence-corrected chi connectivity index (χ1v) is 10.7. The van der Waals surface area contributed by atoms with Gasteiger partial charge in [0.05, 0.1) is 24.4 Å². The van der Waals surface area contributed by atoms with Gasteiger partial charge >= 0.3 is 0 Å². The highest BCUT2D eigenvalue weighted by molar-refractivity contribution is 7.80. The molecular formula is C23H25ClN4OS. The number of aryl methyl sites for hydroxylation is 2. The van der Waals surface area contributed by atoms with Crippen LogP contribution in [0.2, 0.25) is 5.02 Å². The molecule has 4 rings (SSSR count). The lowest BCUT2D eigenvalue weighted by molar-refractivity contribution is 0.223. The Balaban J connectivity index is 1.86. The predicted molar refractivity (Wildman–Crippen MR) is 124 cm³/mol. The average molecular weight is 441 g/mol. The maximum Gasteiger partial charge on any atom is 0.170 e. The van der Waals surface area contributed by atoms with Gasteiger partial charge in [-0.1, -0.05) is 23.7 Å². The lowest BCUT2D eigenvalue weighted by Crippen LogP contribution is -2.32. The maximum absolute atomic E-state index is 9.68. The van der Waals surface area contributed by atoms with Gasteiger partial charge in [-0.25, -0.2) is 0 Å². The van der Waals surface area contributed by atoms with Crippen molar-refractivity contribution in [3.8, 4) is 5.69 Å². The standard InChI is InChI=1S/C23H25ClN4OS/c1-14-7-8-17(24)13-20(14)28-15(2)12-18(16(28)3)22-21(19-6-4-5-9-25-19)26-23(30)27(22)10-11-29/h4-9,12-13,21-22,29H,10-11H2,1-3H3,(H,26,30)/t21-,22+/m1/s1. The third-order valence-electron chi connectivity index (χ3n) is 5.74. The molecule has 2 N–H and O–H groups in total. The Hall–Kier alpha value is -2.41. The van der Waals surface area contributed by atoms with Crippen LogP contribution in [0.4, 0.5) is 0 Å². The summed E-state index contributed by atoms with van der Waals surface area (Å²) in [6.45, 7) is 6.80. The molecule has 0 aliphatic carbocycles. The summed E-state index contributed by atoms with van der Waals surface area (Å²) in [5.41, 5.74) is 6.55. The second-order valence-corrected chi connectivity index (χ2v) is 8.46. The van der Waals surface area contributed by atoms with Crippen molar-refractivity contribution < 1.29 is 5.11 Å². The average Bonchev–Trinajstić information content (AvgIpc) is 3.21. The monoisotopic (exact) mass is 440 g/mol. The Bertz CT molecular complexity index is 1080. The molecule has 156 valence electrons. The number of pyridine rings is 1. The van der Waals surface area contributed by atoms with E-state index in [4.69, 9.17) is 23.8 Å². The van der Waals surface area contributed by atoms with E-state index in [0.29, 0.717) is 16.7 Å². The van der Waals surface area contributed by atoms with E-state index in [1.165, 1.54) is 0 Å². The summed E-state index contributed by atoms with van der Waals surface area (Å²) < 4.78 is 2.24. The van der Waals surface area contributed by atoms with Crippen molar-refractivity contribution in [3.05, 3.63) is 81.9 Å². The van der Waals surface area contributed by atoms with Crippen molar-refractivity contribution in [2.24, 2.45) is 0 Å². The summed E-state index contributed by atoms with van der Waals surface area (Å²) in [6.07, 6.45) is 1.80. The Morgan fingerprint density at radius 3 is 2.67 bits per heavy atom. The first-order chi connectivity index (χ1) is 14.4. The Morgan fingerprint density at radius 1 is 1.17 bits per heavy atom. The van der Waals surface area contributed by atoms with E-state index in [0.717, 1.165) is 33.9 Å². The number of aromatic nitrogens is 2. The van der Waals surface area contributed by atoms with Crippen LogP contribution in [0, 0.1) is 20.8 Å². The summed E-state index contributed by atoms with van der Waals surface area (Å²) in [6, 6.07) is 13.9. The molecule has 3 heterocycles. The van der Waals surface area contributed by atoms with Gasteiger partial charge in [-0.05, 0) is 74.4 Å². The Kier molecular flexibility index (Phi) is 5.82. The molecule has 1 fully saturated rings. The first-order valence-electron chi connectivity index (χ1n) is 9.96. The highest BCUT2D eigenvalue weighted by atomic mass is 35.5. The molecule has 1 saturated heterocycles. The molecule has 2 atom stereocenters. The number of thiocarbonyl (C=S) groups is 1. The van der Waals surface area contributed by atoms with E-state index in [1.54, 1.807) is 6.20 Å². The van der Waals surface area contributed by atoms with Crippen LogP contribution in [0.1, 0.15) is 40.3 Å². The van der Waals surface area contributed by atoms with Crippen molar-refractivity contribution in [2.75, 3.05) is 13.2 Å². The van der Waals surface area contributed by atoms with Crippen LogP contribution in [0.5, 0.6) is 0 Å². The number of β-amino-alcohol motifs (C(OH)–C–C–N with tert-alkyl or cyclic N) is 1. The van der Waals surface area contributed by atoms with Crippen molar-refractivity contribution >= 4 is 28.9 Å².